The molecule has 0 N–H and O–H groups in total. The van der Waals surface area contributed by atoms with Gasteiger partial charge in [-0.05, 0) is 12.8 Å². The molecule has 1 aromatic rings. The molecule has 1 aliphatic carbocycles. The Balaban J connectivity index is 1.66. The monoisotopic (exact) mass is 281 g/mol. The fourth-order valence-corrected chi connectivity index (χ4v) is 3.47. The minimum atomic E-state index is 0.409. The highest BCUT2D eigenvalue weighted by Gasteiger charge is 2.31. The minimum Gasteiger partial charge on any atom is -0.378 e. The van der Waals surface area contributed by atoms with E-state index in [4.69, 9.17) is 4.74 Å². The topological polar surface area (TPSA) is 45.7 Å². The molecular weight excluding hydrogens is 262 g/mol. The largest absolute Gasteiger partial charge is 0.378 e. The molecule has 0 spiro atoms. The second-order valence-corrected chi connectivity index (χ2v) is 6.12. The van der Waals surface area contributed by atoms with Gasteiger partial charge in [-0.15, -0.1) is 0 Å². The maximum Gasteiger partial charge on any atom is 0.186 e. The minimum absolute atomic E-state index is 0.409. The van der Waals surface area contributed by atoms with Gasteiger partial charge < -0.3 is 9.64 Å². The van der Waals surface area contributed by atoms with Crippen LogP contribution in [-0.4, -0.2) is 55.5 Å². The van der Waals surface area contributed by atoms with E-state index in [2.05, 4.69) is 14.8 Å². The van der Waals surface area contributed by atoms with Crippen LogP contribution < -0.4 is 4.90 Å². The Morgan fingerprint density at radius 1 is 1.37 bits per heavy atom. The third kappa shape index (κ3) is 2.80. The lowest BCUT2D eigenvalue weighted by atomic mass is 10.3. The molecule has 0 unspecified atom stereocenters. The van der Waals surface area contributed by atoms with Crippen LogP contribution in [0, 0.1) is 0 Å². The molecule has 1 aliphatic heterocycles. The normalized spacial score (nSPS) is 20.8. The summed E-state index contributed by atoms with van der Waals surface area (Å²) < 4.78 is 5.09. The van der Waals surface area contributed by atoms with Gasteiger partial charge in [0.15, 0.2) is 11.4 Å². The molecule has 0 bridgehead atoms. The van der Waals surface area contributed by atoms with Crippen molar-refractivity contribution < 1.29 is 9.53 Å². The number of nitrogens with zero attached hydrogens (tertiary/aromatic N) is 3. The van der Waals surface area contributed by atoms with E-state index < -0.39 is 0 Å². The lowest BCUT2D eigenvalue weighted by Crippen LogP contribution is -2.47. The lowest BCUT2D eigenvalue weighted by molar-refractivity contribution is 0.112. The fraction of sp³-hybridized carbons (Fsp3) is 0.692. The Labute approximate surface area is 117 Å². The SMILES string of the molecule is COCc1nc(N2CCN(C3CC3)CC2)sc1C=O. The number of carbonyl (C=O) groups is 1. The molecule has 2 heterocycles. The summed E-state index contributed by atoms with van der Waals surface area (Å²) in [6.45, 7) is 4.65. The summed E-state index contributed by atoms with van der Waals surface area (Å²) in [6, 6.07) is 0.841. The molecule has 2 aliphatic rings. The molecule has 19 heavy (non-hydrogen) atoms. The van der Waals surface area contributed by atoms with E-state index >= 15 is 0 Å². The van der Waals surface area contributed by atoms with Gasteiger partial charge in [-0.1, -0.05) is 11.3 Å². The second kappa shape index (κ2) is 5.56. The van der Waals surface area contributed by atoms with Crippen LogP contribution in [-0.2, 0) is 11.3 Å². The highest BCUT2D eigenvalue weighted by molar-refractivity contribution is 7.17. The van der Waals surface area contributed by atoms with Crippen LogP contribution in [0.15, 0.2) is 0 Å². The Hall–Kier alpha value is -0.980. The van der Waals surface area contributed by atoms with Crippen LogP contribution in [0.5, 0.6) is 0 Å². The van der Waals surface area contributed by atoms with Crippen LogP contribution in [0.2, 0.25) is 0 Å². The van der Waals surface area contributed by atoms with Crippen molar-refractivity contribution >= 4 is 22.8 Å². The maximum atomic E-state index is 11.0. The van der Waals surface area contributed by atoms with Gasteiger partial charge in [0.05, 0.1) is 17.2 Å². The molecule has 1 aromatic heterocycles. The van der Waals surface area contributed by atoms with E-state index in [0.717, 1.165) is 49.3 Å². The Bertz CT molecular complexity index is 451. The number of rotatable bonds is 5. The first kappa shape index (κ1) is 13.0. The van der Waals surface area contributed by atoms with E-state index in [-0.39, 0.29) is 0 Å². The zero-order valence-electron chi connectivity index (χ0n) is 11.2. The van der Waals surface area contributed by atoms with Crippen LogP contribution in [0.25, 0.3) is 0 Å². The van der Waals surface area contributed by atoms with Gasteiger partial charge in [0, 0.05) is 39.3 Å². The summed E-state index contributed by atoms with van der Waals surface area (Å²) in [5.74, 6) is 0. The number of piperazine rings is 1. The van der Waals surface area contributed by atoms with Gasteiger partial charge in [0.1, 0.15) is 0 Å². The van der Waals surface area contributed by atoms with Crippen molar-refractivity contribution in [2.45, 2.75) is 25.5 Å². The van der Waals surface area contributed by atoms with Gasteiger partial charge in [-0.3, -0.25) is 9.69 Å². The molecular formula is C13H19N3O2S. The third-order valence-corrected chi connectivity index (χ3v) is 4.84. The average Bonchev–Trinajstić information content (AvgIpc) is 3.21. The van der Waals surface area contributed by atoms with E-state index in [9.17, 15) is 4.79 Å². The van der Waals surface area contributed by atoms with Gasteiger partial charge in [-0.25, -0.2) is 4.98 Å². The number of aromatic nitrogens is 1. The van der Waals surface area contributed by atoms with Gasteiger partial charge in [0.2, 0.25) is 0 Å². The van der Waals surface area contributed by atoms with Gasteiger partial charge in [-0.2, -0.15) is 0 Å². The molecule has 1 saturated carbocycles. The van der Waals surface area contributed by atoms with Crippen LogP contribution in [0.1, 0.15) is 28.2 Å². The summed E-state index contributed by atoms with van der Waals surface area (Å²) in [7, 11) is 1.63. The lowest BCUT2D eigenvalue weighted by Gasteiger charge is -2.34. The average molecular weight is 281 g/mol. The van der Waals surface area contributed by atoms with Crippen LogP contribution in [0.4, 0.5) is 5.13 Å². The molecule has 0 atom stereocenters. The van der Waals surface area contributed by atoms with Crippen molar-refractivity contribution in [1.29, 1.82) is 0 Å². The van der Waals surface area contributed by atoms with Crippen molar-refractivity contribution in [1.82, 2.24) is 9.88 Å². The zero-order valence-corrected chi connectivity index (χ0v) is 12.0. The molecule has 5 nitrogen and oxygen atoms in total. The number of carbonyl (C=O) groups excluding carboxylic acids is 1. The molecule has 0 radical (unpaired) electrons. The first-order valence-corrected chi connectivity index (χ1v) is 7.56. The van der Waals surface area contributed by atoms with E-state index in [1.807, 2.05) is 0 Å². The molecule has 2 fully saturated rings. The number of hydrogen-bond donors (Lipinski definition) is 0. The Morgan fingerprint density at radius 3 is 2.68 bits per heavy atom. The number of thiazole rings is 1. The summed E-state index contributed by atoms with van der Waals surface area (Å²) in [5.41, 5.74) is 0.766. The van der Waals surface area contributed by atoms with Gasteiger partial charge in [0.25, 0.3) is 0 Å². The third-order valence-electron chi connectivity index (χ3n) is 3.75. The maximum absolute atomic E-state index is 11.0. The summed E-state index contributed by atoms with van der Waals surface area (Å²) in [5, 5.41) is 0.963. The fourth-order valence-electron chi connectivity index (χ4n) is 2.54. The van der Waals surface area contributed by atoms with Crippen molar-refractivity contribution in [2.75, 3.05) is 38.2 Å². The number of aldehydes is 1. The summed E-state index contributed by atoms with van der Waals surface area (Å²) >= 11 is 1.48. The second-order valence-electron chi connectivity index (χ2n) is 5.11. The first-order chi connectivity index (χ1) is 9.31. The molecule has 6 heteroatoms. The first-order valence-electron chi connectivity index (χ1n) is 6.74. The quantitative estimate of drug-likeness (QED) is 0.763. The van der Waals surface area contributed by atoms with Crippen LogP contribution >= 0.6 is 11.3 Å². The van der Waals surface area contributed by atoms with Crippen LogP contribution in [0.3, 0.4) is 0 Å². The number of methoxy groups -OCH3 is 1. The van der Waals surface area contributed by atoms with Crippen molar-refractivity contribution in [2.24, 2.45) is 0 Å². The zero-order chi connectivity index (χ0) is 13.2. The number of anilines is 1. The molecule has 104 valence electrons. The number of ether oxygens (including phenoxy) is 1. The summed E-state index contributed by atoms with van der Waals surface area (Å²) in [6.07, 6.45) is 3.62. The smallest absolute Gasteiger partial charge is 0.186 e. The van der Waals surface area contributed by atoms with Crippen molar-refractivity contribution in [3.8, 4) is 0 Å². The highest BCUT2D eigenvalue weighted by atomic mass is 32.1. The van der Waals surface area contributed by atoms with E-state index in [0.29, 0.717) is 11.5 Å². The standard InChI is InChI=1S/C13H19N3O2S/c1-18-9-11-12(8-17)19-13(14-11)16-6-4-15(5-7-16)10-2-3-10/h8,10H,2-7,9H2,1H3. The predicted octanol–water partition coefficient (Wildman–Crippen LogP) is 1.39. The molecule has 0 aromatic carbocycles. The van der Waals surface area contributed by atoms with E-state index in [1.165, 1.54) is 24.2 Å². The highest BCUT2D eigenvalue weighted by Crippen LogP contribution is 2.30. The Kier molecular flexibility index (Phi) is 3.81. The number of hydrogen-bond acceptors (Lipinski definition) is 6. The molecule has 0 amide bonds. The summed E-state index contributed by atoms with van der Waals surface area (Å²) in [4.78, 5) is 21.1. The Morgan fingerprint density at radius 2 is 2.11 bits per heavy atom. The van der Waals surface area contributed by atoms with Crippen molar-refractivity contribution in [3.63, 3.8) is 0 Å². The van der Waals surface area contributed by atoms with Gasteiger partial charge >= 0.3 is 0 Å². The van der Waals surface area contributed by atoms with E-state index in [1.54, 1.807) is 7.11 Å². The molecule has 3 rings (SSSR count). The predicted molar refractivity (Wildman–Crippen MR) is 75.0 cm³/mol. The molecule has 1 saturated heterocycles. The van der Waals surface area contributed by atoms with Crippen molar-refractivity contribution in [3.05, 3.63) is 10.6 Å².